The van der Waals surface area contributed by atoms with Gasteiger partial charge in [-0.2, -0.15) is 5.26 Å². The summed E-state index contributed by atoms with van der Waals surface area (Å²) in [4.78, 5) is 12.5. The van der Waals surface area contributed by atoms with Crippen molar-refractivity contribution in [1.29, 1.82) is 5.26 Å². The van der Waals surface area contributed by atoms with Gasteiger partial charge in [0.05, 0.1) is 14.2 Å². The summed E-state index contributed by atoms with van der Waals surface area (Å²) < 4.78 is 10.6. The van der Waals surface area contributed by atoms with Gasteiger partial charge in [-0.05, 0) is 43.2 Å². The van der Waals surface area contributed by atoms with E-state index in [9.17, 15) is 10.1 Å². The van der Waals surface area contributed by atoms with Crippen LogP contribution in [0.1, 0.15) is 16.7 Å². The van der Waals surface area contributed by atoms with Crippen molar-refractivity contribution in [2.75, 3.05) is 19.5 Å². The van der Waals surface area contributed by atoms with Gasteiger partial charge < -0.3 is 14.8 Å². The van der Waals surface area contributed by atoms with E-state index in [2.05, 4.69) is 5.32 Å². The number of hydrogen-bond acceptors (Lipinski definition) is 4. The van der Waals surface area contributed by atoms with Crippen LogP contribution in [0.15, 0.2) is 42.0 Å². The van der Waals surface area contributed by atoms with Gasteiger partial charge in [-0.1, -0.05) is 24.3 Å². The van der Waals surface area contributed by atoms with Crippen LogP contribution in [0.25, 0.3) is 6.08 Å². The highest BCUT2D eigenvalue weighted by Crippen LogP contribution is 2.32. The Hall–Kier alpha value is -3.26. The molecule has 0 atom stereocenters. The van der Waals surface area contributed by atoms with Crippen molar-refractivity contribution in [1.82, 2.24) is 0 Å². The number of benzene rings is 2. The average molecular weight is 336 g/mol. The van der Waals surface area contributed by atoms with Gasteiger partial charge in [0.1, 0.15) is 11.6 Å². The Morgan fingerprint density at radius 2 is 1.84 bits per heavy atom. The fourth-order valence-corrected chi connectivity index (χ4v) is 2.41. The molecule has 128 valence electrons. The average Bonchev–Trinajstić information content (AvgIpc) is 2.62. The number of nitrogens with one attached hydrogen (secondary N) is 1. The van der Waals surface area contributed by atoms with Gasteiger partial charge in [-0.15, -0.1) is 0 Å². The second kappa shape index (κ2) is 8.02. The van der Waals surface area contributed by atoms with Gasteiger partial charge in [0.15, 0.2) is 11.5 Å². The lowest BCUT2D eigenvalue weighted by Gasteiger charge is -2.11. The fourth-order valence-electron chi connectivity index (χ4n) is 2.41. The SMILES string of the molecule is COc1cccc(/C=C(\C#N)C(=O)Nc2cccc(C)c2C)c1OC. The zero-order valence-corrected chi connectivity index (χ0v) is 14.7. The maximum atomic E-state index is 12.5. The number of carbonyl (C=O) groups is 1. The molecule has 0 spiro atoms. The molecule has 1 N–H and O–H groups in total. The number of hydrogen-bond donors (Lipinski definition) is 1. The molecule has 5 nitrogen and oxygen atoms in total. The molecule has 2 rings (SSSR count). The maximum absolute atomic E-state index is 12.5. The van der Waals surface area contributed by atoms with Crippen molar-refractivity contribution in [3.05, 3.63) is 58.7 Å². The summed E-state index contributed by atoms with van der Waals surface area (Å²) in [5, 5.41) is 12.2. The van der Waals surface area contributed by atoms with E-state index in [4.69, 9.17) is 9.47 Å². The third-order valence-electron chi connectivity index (χ3n) is 3.95. The van der Waals surface area contributed by atoms with E-state index in [1.165, 1.54) is 20.3 Å². The smallest absolute Gasteiger partial charge is 0.266 e. The van der Waals surface area contributed by atoms with Crippen LogP contribution >= 0.6 is 0 Å². The van der Waals surface area contributed by atoms with Gasteiger partial charge in [0.2, 0.25) is 0 Å². The van der Waals surface area contributed by atoms with Gasteiger partial charge in [-0.25, -0.2) is 0 Å². The zero-order valence-electron chi connectivity index (χ0n) is 14.7. The molecule has 0 aliphatic carbocycles. The molecule has 0 aliphatic heterocycles. The van der Waals surface area contributed by atoms with E-state index < -0.39 is 5.91 Å². The molecule has 0 fully saturated rings. The third-order valence-corrected chi connectivity index (χ3v) is 3.95. The number of nitriles is 1. The van der Waals surface area contributed by atoms with Crippen molar-refractivity contribution >= 4 is 17.7 Å². The van der Waals surface area contributed by atoms with Crippen LogP contribution in [-0.2, 0) is 4.79 Å². The Morgan fingerprint density at radius 3 is 2.48 bits per heavy atom. The van der Waals surface area contributed by atoms with Crippen molar-refractivity contribution in [2.45, 2.75) is 13.8 Å². The first kappa shape index (κ1) is 18.1. The van der Waals surface area contributed by atoms with E-state index in [1.54, 1.807) is 24.3 Å². The van der Waals surface area contributed by atoms with Crippen LogP contribution in [0.4, 0.5) is 5.69 Å². The first-order chi connectivity index (χ1) is 12.0. The molecule has 0 heterocycles. The van der Waals surface area contributed by atoms with E-state index in [1.807, 2.05) is 32.0 Å². The minimum Gasteiger partial charge on any atom is -0.493 e. The van der Waals surface area contributed by atoms with Crippen molar-refractivity contribution in [2.24, 2.45) is 0 Å². The Morgan fingerprint density at radius 1 is 1.12 bits per heavy atom. The van der Waals surface area contributed by atoms with Crippen LogP contribution in [-0.4, -0.2) is 20.1 Å². The molecular formula is C20H20N2O3. The summed E-state index contributed by atoms with van der Waals surface area (Å²) in [7, 11) is 3.04. The topological polar surface area (TPSA) is 71.3 Å². The largest absolute Gasteiger partial charge is 0.493 e. The van der Waals surface area contributed by atoms with Crippen molar-refractivity contribution < 1.29 is 14.3 Å². The van der Waals surface area contributed by atoms with Gasteiger partial charge >= 0.3 is 0 Å². The standard InChI is InChI=1S/C20H20N2O3/c1-13-7-5-9-17(14(13)2)22-20(23)16(12-21)11-15-8-6-10-18(24-3)19(15)25-4/h5-11H,1-4H3,(H,22,23)/b16-11+. The molecule has 5 heteroatoms. The van der Waals surface area contributed by atoms with Crippen LogP contribution in [0.2, 0.25) is 0 Å². The van der Waals surface area contributed by atoms with E-state index in [-0.39, 0.29) is 5.57 Å². The number of anilines is 1. The number of nitrogens with zero attached hydrogens (tertiary/aromatic N) is 1. The lowest BCUT2D eigenvalue weighted by Crippen LogP contribution is -2.14. The first-order valence-electron chi connectivity index (χ1n) is 7.72. The van der Waals surface area contributed by atoms with Gasteiger partial charge in [0, 0.05) is 11.3 Å². The highest BCUT2D eigenvalue weighted by atomic mass is 16.5. The molecule has 0 unspecified atom stereocenters. The number of methoxy groups -OCH3 is 2. The summed E-state index contributed by atoms with van der Waals surface area (Å²) in [5.41, 5.74) is 3.28. The molecule has 1 amide bonds. The van der Waals surface area contributed by atoms with Crippen LogP contribution in [0.3, 0.4) is 0 Å². The Balaban J connectivity index is 2.37. The molecule has 0 bridgehead atoms. The van der Waals surface area contributed by atoms with E-state index in [0.717, 1.165) is 11.1 Å². The minimum absolute atomic E-state index is 0.0209. The van der Waals surface area contributed by atoms with E-state index in [0.29, 0.717) is 22.7 Å². The Kier molecular flexibility index (Phi) is 5.80. The first-order valence-corrected chi connectivity index (χ1v) is 7.72. The van der Waals surface area contributed by atoms with E-state index >= 15 is 0 Å². The Bertz CT molecular complexity index is 864. The lowest BCUT2D eigenvalue weighted by molar-refractivity contribution is -0.112. The lowest BCUT2D eigenvalue weighted by atomic mass is 10.1. The fraction of sp³-hybridized carbons (Fsp3) is 0.200. The highest BCUT2D eigenvalue weighted by Gasteiger charge is 2.14. The summed E-state index contributed by atoms with van der Waals surface area (Å²) in [5.74, 6) is 0.529. The molecule has 0 radical (unpaired) electrons. The highest BCUT2D eigenvalue weighted by molar-refractivity contribution is 6.10. The maximum Gasteiger partial charge on any atom is 0.266 e. The summed E-state index contributed by atoms with van der Waals surface area (Å²) in [6.45, 7) is 3.89. The van der Waals surface area contributed by atoms with Gasteiger partial charge in [0.25, 0.3) is 5.91 Å². The molecule has 0 aliphatic rings. The van der Waals surface area contributed by atoms with Crippen LogP contribution in [0.5, 0.6) is 11.5 Å². The molecule has 2 aromatic rings. The summed E-state index contributed by atoms with van der Waals surface area (Å²) in [6, 6.07) is 12.8. The van der Waals surface area contributed by atoms with Crippen molar-refractivity contribution in [3.8, 4) is 17.6 Å². The number of ether oxygens (including phenoxy) is 2. The minimum atomic E-state index is -0.471. The molecule has 25 heavy (non-hydrogen) atoms. The number of para-hydroxylation sites is 1. The van der Waals surface area contributed by atoms with Gasteiger partial charge in [-0.3, -0.25) is 4.79 Å². The van der Waals surface area contributed by atoms with Crippen molar-refractivity contribution in [3.63, 3.8) is 0 Å². The molecule has 0 aromatic heterocycles. The summed E-state index contributed by atoms with van der Waals surface area (Å²) >= 11 is 0. The summed E-state index contributed by atoms with van der Waals surface area (Å²) in [6.07, 6.45) is 1.49. The quantitative estimate of drug-likeness (QED) is 0.665. The third kappa shape index (κ3) is 3.99. The second-order valence-corrected chi connectivity index (χ2v) is 5.45. The molecule has 0 saturated carbocycles. The predicted molar refractivity (Wildman–Crippen MR) is 97.7 cm³/mol. The predicted octanol–water partition coefficient (Wildman–Crippen LogP) is 3.87. The van der Waals surface area contributed by atoms with Crippen LogP contribution in [0, 0.1) is 25.2 Å². The number of amides is 1. The normalized spacial score (nSPS) is 10.8. The monoisotopic (exact) mass is 336 g/mol. The Labute approximate surface area is 147 Å². The molecular weight excluding hydrogens is 316 g/mol. The number of aryl methyl sites for hydroxylation is 1. The second-order valence-electron chi connectivity index (χ2n) is 5.45. The number of carbonyl (C=O) groups excluding carboxylic acids is 1. The van der Waals surface area contributed by atoms with Crippen LogP contribution < -0.4 is 14.8 Å². The molecule has 0 saturated heterocycles. The number of rotatable bonds is 5. The molecule has 2 aromatic carbocycles. The zero-order chi connectivity index (χ0) is 18.4.